The number of ether oxygens (including phenoxy) is 1. The minimum Gasteiger partial charge on any atom is -0.493 e. The first-order valence-electron chi connectivity index (χ1n) is 6.58. The zero-order chi connectivity index (χ0) is 13.7. The van der Waals surface area contributed by atoms with Crippen LogP contribution in [0.4, 0.5) is 5.69 Å². The van der Waals surface area contributed by atoms with Gasteiger partial charge in [0.25, 0.3) is 0 Å². The highest BCUT2D eigenvalue weighted by Crippen LogP contribution is 2.18. The zero-order valence-corrected chi connectivity index (χ0v) is 11.8. The third kappa shape index (κ3) is 4.02. The molecule has 4 heteroatoms. The van der Waals surface area contributed by atoms with Gasteiger partial charge in [-0.05, 0) is 18.1 Å². The van der Waals surface area contributed by atoms with Crippen molar-refractivity contribution >= 4 is 5.69 Å². The molecule has 1 aromatic heterocycles. The summed E-state index contributed by atoms with van der Waals surface area (Å²) < 4.78 is 7.71. The first-order chi connectivity index (χ1) is 9.15. The molecule has 0 unspecified atom stereocenters. The Morgan fingerprint density at radius 2 is 2.21 bits per heavy atom. The van der Waals surface area contributed by atoms with Gasteiger partial charge in [0.2, 0.25) is 0 Å². The summed E-state index contributed by atoms with van der Waals surface area (Å²) >= 11 is 0. The average Bonchev–Trinajstić information content (AvgIpc) is 2.80. The predicted octanol–water partition coefficient (Wildman–Crippen LogP) is 3.07. The van der Waals surface area contributed by atoms with Crippen LogP contribution in [0.15, 0.2) is 36.7 Å². The van der Waals surface area contributed by atoms with Gasteiger partial charge in [0, 0.05) is 31.2 Å². The third-order valence-electron chi connectivity index (χ3n) is 2.79. The lowest BCUT2D eigenvalue weighted by molar-refractivity contribution is 0.271. The fourth-order valence-corrected chi connectivity index (χ4v) is 1.71. The van der Waals surface area contributed by atoms with Crippen LogP contribution in [-0.4, -0.2) is 16.2 Å². The van der Waals surface area contributed by atoms with E-state index in [0.29, 0.717) is 12.5 Å². The molecule has 102 valence electrons. The Bertz CT molecular complexity index is 520. The molecule has 1 heterocycles. The van der Waals surface area contributed by atoms with Crippen LogP contribution in [0.2, 0.25) is 0 Å². The van der Waals surface area contributed by atoms with Crippen LogP contribution in [0.25, 0.3) is 0 Å². The zero-order valence-electron chi connectivity index (χ0n) is 11.8. The molecule has 0 spiro atoms. The molecule has 1 aromatic carbocycles. The molecule has 0 aliphatic rings. The number of nitrogens with one attached hydrogen (secondary N) is 1. The Morgan fingerprint density at radius 3 is 2.89 bits per heavy atom. The highest BCUT2D eigenvalue weighted by atomic mass is 16.5. The van der Waals surface area contributed by atoms with Crippen LogP contribution in [0.3, 0.4) is 0 Å². The topological polar surface area (TPSA) is 39.1 Å². The van der Waals surface area contributed by atoms with Crippen LogP contribution in [0.5, 0.6) is 5.75 Å². The van der Waals surface area contributed by atoms with Gasteiger partial charge in [0.15, 0.2) is 0 Å². The molecule has 2 aromatic rings. The van der Waals surface area contributed by atoms with Crippen molar-refractivity contribution in [1.82, 2.24) is 9.55 Å². The summed E-state index contributed by atoms with van der Waals surface area (Å²) in [5, 5.41) is 3.35. The number of rotatable bonds is 6. The van der Waals surface area contributed by atoms with E-state index < -0.39 is 0 Å². The molecular weight excluding hydrogens is 238 g/mol. The van der Waals surface area contributed by atoms with E-state index in [1.165, 1.54) is 0 Å². The van der Waals surface area contributed by atoms with E-state index in [1.807, 2.05) is 42.1 Å². The van der Waals surface area contributed by atoms with E-state index in [2.05, 4.69) is 24.1 Å². The first-order valence-corrected chi connectivity index (χ1v) is 6.58. The molecular formula is C15H21N3O. The Labute approximate surface area is 114 Å². The van der Waals surface area contributed by atoms with Crippen LogP contribution < -0.4 is 10.1 Å². The second kappa shape index (κ2) is 6.27. The largest absolute Gasteiger partial charge is 0.493 e. The number of hydrogen-bond acceptors (Lipinski definition) is 3. The van der Waals surface area contributed by atoms with Crippen molar-refractivity contribution in [2.75, 3.05) is 11.9 Å². The quantitative estimate of drug-likeness (QED) is 0.866. The number of imidazole rings is 1. The van der Waals surface area contributed by atoms with Crippen LogP contribution in [0.1, 0.15) is 19.7 Å². The van der Waals surface area contributed by atoms with Gasteiger partial charge in [0.1, 0.15) is 11.6 Å². The molecule has 0 amide bonds. The standard InChI is InChI=1S/C15H21N3O/c1-12(2)11-19-14-6-4-5-13(9-14)17-10-15-16-7-8-18(15)3/h4-9,12,17H,10-11H2,1-3H3. The fourth-order valence-electron chi connectivity index (χ4n) is 1.71. The summed E-state index contributed by atoms with van der Waals surface area (Å²) in [4.78, 5) is 4.28. The molecule has 0 saturated carbocycles. The molecule has 0 aliphatic carbocycles. The van der Waals surface area contributed by atoms with Gasteiger partial charge >= 0.3 is 0 Å². The van der Waals surface area contributed by atoms with Crippen LogP contribution in [-0.2, 0) is 13.6 Å². The van der Waals surface area contributed by atoms with Crippen molar-refractivity contribution in [2.45, 2.75) is 20.4 Å². The highest BCUT2D eigenvalue weighted by molar-refractivity contribution is 5.48. The number of nitrogens with zero attached hydrogens (tertiary/aromatic N) is 2. The van der Waals surface area contributed by atoms with E-state index in [4.69, 9.17) is 4.74 Å². The van der Waals surface area contributed by atoms with Gasteiger partial charge in [-0.25, -0.2) is 4.98 Å². The summed E-state index contributed by atoms with van der Waals surface area (Å²) in [6, 6.07) is 8.03. The molecule has 0 saturated heterocycles. The highest BCUT2D eigenvalue weighted by Gasteiger charge is 2.01. The van der Waals surface area contributed by atoms with Gasteiger partial charge in [-0.3, -0.25) is 0 Å². The number of benzene rings is 1. The SMILES string of the molecule is CC(C)COc1cccc(NCc2nccn2C)c1. The minimum absolute atomic E-state index is 0.532. The van der Waals surface area contributed by atoms with Crippen LogP contribution in [0, 0.1) is 5.92 Å². The summed E-state index contributed by atoms with van der Waals surface area (Å²) in [5.74, 6) is 2.44. The van der Waals surface area contributed by atoms with E-state index in [1.54, 1.807) is 6.20 Å². The second-order valence-electron chi connectivity index (χ2n) is 5.04. The van der Waals surface area contributed by atoms with Crippen molar-refractivity contribution in [3.05, 3.63) is 42.5 Å². The summed E-state index contributed by atoms with van der Waals surface area (Å²) in [5.41, 5.74) is 1.05. The van der Waals surface area contributed by atoms with Gasteiger partial charge in [-0.2, -0.15) is 0 Å². The number of aryl methyl sites for hydroxylation is 1. The molecule has 0 aliphatic heterocycles. The third-order valence-corrected chi connectivity index (χ3v) is 2.79. The molecule has 2 rings (SSSR count). The smallest absolute Gasteiger partial charge is 0.127 e. The first kappa shape index (κ1) is 13.5. The predicted molar refractivity (Wildman–Crippen MR) is 77.3 cm³/mol. The van der Waals surface area contributed by atoms with Crippen molar-refractivity contribution in [1.29, 1.82) is 0 Å². The number of hydrogen-bond donors (Lipinski definition) is 1. The van der Waals surface area contributed by atoms with E-state index in [9.17, 15) is 0 Å². The Balaban J connectivity index is 1.93. The maximum Gasteiger partial charge on any atom is 0.127 e. The van der Waals surface area contributed by atoms with Gasteiger partial charge < -0.3 is 14.6 Å². The maximum absolute atomic E-state index is 5.71. The molecule has 19 heavy (non-hydrogen) atoms. The van der Waals surface area contributed by atoms with Crippen molar-refractivity contribution in [3.63, 3.8) is 0 Å². The lowest BCUT2D eigenvalue weighted by atomic mass is 10.2. The lowest BCUT2D eigenvalue weighted by Gasteiger charge is -2.11. The van der Waals surface area contributed by atoms with Crippen molar-refractivity contribution < 1.29 is 4.74 Å². The molecule has 0 atom stereocenters. The molecule has 4 nitrogen and oxygen atoms in total. The Morgan fingerprint density at radius 1 is 1.37 bits per heavy atom. The molecule has 1 N–H and O–H groups in total. The van der Waals surface area contributed by atoms with Gasteiger partial charge in [0.05, 0.1) is 13.2 Å². The monoisotopic (exact) mass is 259 g/mol. The normalized spacial score (nSPS) is 10.7. The average molecular weight is 259 g/mol. The molecule has 0 fully saturated rings. The van der Waals surface area contributed by atoms with E-state index >= 15 is 0 Å². The minimum atomic E-state index is 0.532. The van der Waals surface area contributed by atoms with Crippen molar-refractivity contribution in [2.24, 2.45) is 13.0 Å². The number of aromatic nitrogens is 2. The van der Waals surface area contributed by atoms with Gasteiger partial charge in [-0.1, -0.05) is 19.9 Å². The van der Waals surface area contributed by atoms with E-state index in [0.717, 1.165) is 23.9 Å². The molecule has 0 radical (unpaired) electrons. The van der Waals surface area contributed by atoms with Gasteiger partial charge in [-0.15, -0.1) is 0 Å². The second-order valence-corrected chi connectivity index (χ2v) is 5.04. The Kier molecular flexibility index (Phi) is 4.44. The summed E-state index contributed by atoms with van der Waals surface area (Å²) in [6.45, 7) is 5.73. The summed E-state index contributed by atoms with van der Waals surface area (Å²) in [6.07, 6.45) is 3.75. The fraction of sp³-hybridized carbons (Fsp3) is 0.400. The Hall–Kier alpha value is -1.97. The summed E-state index contributed by atoms with van der Waals surface area (Å²) in [7, 11) is 1.99. The number of anilines is 1. The molecule has 0 bridgehead atoms. The van der Waals surface area contributed by atoms with Crippen molar-refractivity contribution in [3.8, 4) is 5.75 Å². The lowest BCUT2D eigenvalue weighted by Crippen LogP contribution is -2.07. The van der Waals surface area contributed by atoms with Crippen LogP contribution >= 0.6 is 0 Å². The van der Waals surface area contributed by atoms with E-state index in [-0.39, 0.29) is 0 Å². The maximum atomic E-state index is 5.71.